The summed E-state index contributed by atoms with van der Waals surface area (Å²) in [5.41, 5.74) is 20.1. The SMILES string of the molecule is NC(=O)[C@H](CCCCNc1ccc(N)cc1)Nc1ccc(N)cc1. The zero-order chi connectivity index (χ0) is 17.4. The molecule has 0 unspecified atom stereocenters. The van der Waals surface area contributed by atoms with Gasteiger partial charge < -0.3 is 27.8 Å². The molecule has 0 bridgehead atoms. The second kappa shape index (κ2) is 8.67. The number of hydrogen-bond acceptors (Lipinski definition) is 5. The van der Waals surface area contributed by atoms with E-state index in [-0.39, 0.29) is 11.9 Å². The van der Waals surface area contributed by atoms with Gasteiger partial charge in [0.05, 0.1) is 0 Å². The van der Waals surface area contributed by atoms with Gasteiger partial charge in [-0.1, -0.05) is 0 Å². The molecule has 0 fully saturated rings. The fourth-order valence-corrected chi connectivity index (χ4v) is 2.37. The van der Waals surface area contributed by atoms with Crippen molar-refractivity contribution in [3.05, 3.63) is 48.5 Å². The molecule has 0 radical (unpaired) electrons. The van der Waals surface area contributed by atoms with Gasteiger partial charge in [0.25, 0.3) is 0 Å². The number of anilines is 4. The second-order valence-electron chi connectivity index (χ2n) is 5.77. The lowest BCUT2D eigenvalue weighted by Crippen LogP contribution is -2.35. The molecule has 0 aliphatic carbocycles. The van der Waals surface area contributed by atoms with Crippen LogP contribution in [0.25, 0.3) is 0 Å². The highest BCUT2D eigenvalue weighted by molar-refractivity contribution is 5.83. The minimum absolute atomic E-state index is 0.349. The minimum Gasteiger partial charge on any atom is -0.399 e. The van der Waals surface area contributed by atoms with Gasteiger partial charge in [-0.3, -0.25) is 4.79 Å². The smallest absolute Gasteiger partial charge is 0.239 e. The van der Waals surface area contributed by atoms with Crippen molar-refractivity contribution in [3.8, 4) is 0 Å². The summed E-state index contributed by atoms with van der Waals surface area (Å²) in [6.45, 7) is 0.831. The number of hydrogen-bond donors (Lipinski definition) is 5. The summed E-state index contributed by atoms with van der Waals surface area (Å²) in [7, 11) is 0. The summed E-state index contributed by atoms with van der Waals surface area (Å²) in [4.78, 5) is 11.6. The van der Waals surface area contributed by atoms with Gasteiger partial charge in [-0.25, -0.2) is 0 Å². The number of carbonyl (C=O) groups is 1. The van der Waals surface area contributed by atoms with E-state index in [1.165, 1.54) is 0 Å². The monoisotopic (exact) mass is 327 g/mol. The summed E-state index contributed by atoms with van der Waals surface area (Å²) < 4.78 is 0. The number of nitrogen functional groups attached to an aromatic ring is 2. The van der Waals surface area contributed by atoms with Crippen LogP contribution in [0.1, 0.15) is 19.3 Å². The summed E-state index contributed by atoms with van der Waals surface area (Å²) in [5, 5.41) is 6.48. The normalized spacial score (nSPS) is 11.7. The summed E-state index contributed by atoms with van der Waals surface area (Å²) >= 11 is 0. The van der Waals surface area contributed by atoms with Crippen molar-refractivity contribution < 1.29 is 4.79 Å². The molecular weight excluding hydrogens is 302 g/mol. The molecule has 1 atom stereocenters. The molecule has 0 aromatic heterocycles. The third-order valence-corrected chi connectivity index (χ3v) is 3.75. The van der Waals surface area contributed by atoms with E-state index >= 15 is 0 Å². The van der Waals surface area contributed by atoms with E-state index in [1.807, 2.05) is 36.4 Å². The first-order valence-corrected chi connectivity index (χ1v) is 8.05. The zero-order valence-electron chi connectivity index (χ0n) is 13.7. The van der Waals surface area contributed by atoms with E-state index in [1.54, 1.807) is 12.1 Å². The van der Waals surface area contributed by atoms with E-state index in [0.29, 0.717) is 12.1 Å². The highest BCUT2D eigenvalue weighted by Crippen LogP contribution is 2.14. The number of carbonyl (C=O) groups excluding carboxylic acids is 1. The van der Waals surface area contributed by atoms with Gasteiger partial charge in [-0.05, 0) is 67.8 Å². The highest BCUT2D eigenvalue weighted by atomic mass is 16.1. The van der Waals surface area contributed by atoms with Gasteiger partial charge in [0.15, 0.2) is 0 Å². The van der Waals surface area contributed by atoms with Crippen LogP contribution in [0.3, 0.4) is 0 Å². The summed E-state index contributed by atoms with van der Waals surface area (Å²) in [5.74, 6) is -0.349. The van der Waals surface area contributed by atoms with Crippen LogP contribution < -0.4 is 27.8 Å². The molecule has 2 rings (SSSR count). The van der Waals surface area contributed by atoms with Crippen molar-refractivity contribution in [1.29, 1.82) is 0 Å². The standard InChI is InChI=1S/C18H25N5O/c19-13-4-8-15(9-5-13)22-12-2-1-3-17(18(21)24)23-16-10-6-14(20)7-11-16/h4-11,17,22-23H,1-3,12,19-20H2,(H2,21,24)/t17-/m0/s1. The number of primary amides is 1. The van der Waals surface area contributed by atoms with E-state index in [0.717, 1.165) is 36.4 Å². The Morgan fingerprint density at radius 3 is 1.96 bits per heavy atom. The van der Waals surface area contributed by atoms with Crippen molar-refractivity contribution >= 4 is 28.7 Å². The Morgan fingerprint density at radius 2 is 1.42 bits per heavy atom. The maximum atomic E-state index is 11.6. The van der Waals surface area contributed by atoms with Crippen molar-refractivity contribution in [2.75, 3.05) is 28.6 Å². The van der Waals surface area contributed by atoms with Crippen molar-refractivity contribution in [2.45, 2.75) is 25.3 Å². The van der Waals surface area contributed by atoms with Crippen molar-refractivity contribution in [2.24, 2.45) is 5.73 Å². The molecule has 0 saturated heterocycles. The van der Waals surface area contributed by atoms with Crippen LogP contribution in [-0.2, 0) is 4.79 Å². The van der Waals surface area contributed by atoms with Gasteiger partial charge in [-0.2, -0.15) is 0 Å². The Bertz CT molecular complexity index is 639. The molecule has 24 heavy (non-hydrogen) atoms. The number of nitrogens with two attached hydrogens (primary N) is 3. The number of amides is 1. The van der Waals surface area contributed by atoms with Crippen LogP contribution in [0.2, 0.25) is 0 Å². The molecule has 0 aliphatic rings. The average Bonchev–Trinajstić information content (AvgIpc) is 2.57. The first kappa shape index (κ1) is 17.5. The van der Waals surface area contributed by atoms with Gasteiger partial charge in [0.2, 0.25) is 5.91 Å². The van der Waals surface area contributed by atoms with Crippen LogP contribution in [-0.4, -0.2) is 18.5 Å². The topological polar surface area (TPSA) is 119 Å². The Labute approximate surface area is 142 Å². The highest BCUT2D eigenvalue weighted by Gasteiger charge is 2.14. The summed E-state index contributed by atoms with van der Waals surface area (Å²) in [6, 6.07) is 14.5. The quantitative estimate of drug-likeness (QED) is 0.358. The van der Waals surface area contributed by atoms with Crippen LogP contribution in [0, 0.1) is 0 Å². The number of nitrogens with one attached hydrogen (secondary N) is 2. The van der Waals surface area contributed by atoms with Crippen molar-refractivity contribution in [3.63, 3.8) is 0 Å². The lowest BCUT2D eigenvalue weighted by molar-refractivity contribution is -0.118. The van der Waals surface area contributed by atoms with Crippen LogP contribution in [0.4, 0.5) is 22.7 Å². The van der Waals surface area contributed by atoms with Gasteiger partial charge >= 0.3 is 0 Å². The van der Waals surface area contributed by atoms with E-state index < -0.39 is 0 Å². The molecule has 2 aromatic carbocycles. The molecule has 6 nitrogen and oxygen atoms in total. The summed E-state index contributed by atoms with van der Waals surface area (Å²) in [6.07, 6.45) is 2.51. The lowest BCUT2D eigenvalue weighted by atomic mass is 10.1. The predicted molar refractivity (Wildman–Crippen MR) is 101 cm³/mol. The van der Waals surface area contributed by atoms with E-state index in [9.17, 15) is 4.79 Å². The van der Waals surface area contributed by atoms with Crippen LogP contribution in [0.15, 0.2) is 48.5 Å². The zero-order valence-corrected chi connectivity index (χ0v) is 13.7. The molecule has 0 saturated carbocycles. The molecule has 8 N–H and O–H groups in total. The van der Waals surface area contributed by atoms with E-state index in [2.05, 4.69) is 10.6 Å². The Balaban J connectivity index is 1.72. The largest absolute Gasteiger partial charge is 0.399 e. The number of unbranched alkanes of at least 4 members (excludes halogenated alkanes) is 1. The fourth-order valence-electron chi connectivity index (χ4n) is 2.37. The Morgan fingerprint density at radius 1 is 0.875 bits per heavy atom. The predicted octanol–water partition coefficient (Wildman–Crippen LogP) is 2.40. The second-order valence-corrected chi connectivity index (χ2v) is 5.77. The Kier molecular flexibility index (Phi) is 6.31. The maximum absolute atomic E-state index is 11.6. The molecule has 2 aromatic rings. The first-order chi connectivity index (χ1) is 11.5. The minimum atomic E-state index is -0.384. The maximum Gasteiger partial charge on any atom is 0.239 e. The molecular formula is C18H25N5O. The number of rotatable bonds is 9. The van der Waals surface area contributed by atoms with Gasteiger partial charge in [0, 0.05) is 29.3 Å². The van der Waals surface area contributed by atoms with Crippen LogP contribution in [0.5, 0.6) is 0 Å². The molecule has 128 valence electrons. The van der Waals surface area contributed by atoms with Gasteiger partial charge in [0.1, 0.15) is 6.04 Å². The molecule has 1 amide bonds. The third-order valence-electron chi connectivity index (χ3n) is 3.75. The molecule has 6 heteroatoms. The Hall–Kier alpha value is -2.89. The molecule has 0 aliphatic heterocycles. The molecule has 0 heterocycles. The van der Waals surface area contributed by atoms with Gasteiger partial charge in [-0.15, -0.1) is 0 Å². The lowest BCUT2D eigenvalue weighted by Gasteiger charge is -2.17. The number of benzene rings is 2. The van der Waals surface area contributed by atoms with Crippen LogP contribution >= 0.6 is 0 Å². The first-order valence-electron chi connectivity index (χ1n) is 8.05. The van der Waals surface area contributed by atoms with Crippen molar-refractivity contribution in [1.82, 2.24) is 0 Å². The fraction of sp³-hybridized carbons (Fsp3) is 0.278. The third kappa shape index (κ3) is 5.72. The molecule has 0 spiro atoms. The van der Waals surface area contributed by atoms with E-state index in [4.69, 9.17) is 17.2 Å². The average molecular weight is 327 g/mol.